The van der Waals surface area contributed by atoms with Crippen LogP contribution in [0.15, 0.2) is 41.2 Å². The Morgan fingerprint density at radius 3 is 2.45 bits per heavy atom. The van der Waals surface area contributed by atoms with Crippen molar-refractivity contribution in [1.82, 2.24) is 15.2 Å². The van der Waals surface area contributed by atoms with Gasteiger partial charge in [-0.3, -0.25) is 9.59 Å². The smallest absolute Gasteiger partial charge is 0.261 e. The first-order chi connectivity index (χ1) is 10.5. The zero-order valence-electron chi connectivity index (χ0n) is 12.5. The molecule has 0 saturated carbocycles. The van der Waals surface area contributed by atoms with E-state index in [1.54, 1.807) is 18.2 Å². The number of halogens is 1. The van der Waals surface area contributed by atoms with Crippen LogP contribution in [0, 0.1) is 0 Å². The predicted molar refractivity (Wildman–Crippen MR) is 88.4 cm³/mol. The zero-order valence-corrected chi connectivity index (χ0v) is 13.3. The summed E-state index contributed by atoms with van der Waals surface area (Å²) < 4.78 is 0. The van der Waals surface area contributed by atoms with Crippen molar-refractivity contribution in [2.75, 3.05) is 27.2 Å². The van der Waals surface area contributed by atoms with Crippen LogP contribution in [0.25, 0.3) is 11.3 Å². The number of hydrogen-bond acceptors (Lipinski definition) is 3. The molecule has 0 atom stereocenters. The minimum Gasteiger partial charge on any atom is -0.351 e. The molecule has 0 aliphatic heterocycles. The summed E-state index contributed by atoms with van der Waals surface area (Å²) in [6.45, 7) is 1.21. The number of aromatic nitrogens is 1. The van der Waals surface area contributed by atoms with Crippen LogP contribution < -0.4 is 10.9 Å². The van der Waals surface area contributed by atoms with E-state index in [1.807, 2.05) is 31.1 Å². The standard InChI is InChI=1S/C16H18ClN3O2/c1-20(2)10-9-18-15(21)13-7-8-14(19-16(13)22)11-3-5-12(17)6-4-11/h3-8H,9-10H2,1-2H3,(H,18,21)(H,19,22). The first-order valence-electron chi connectivity index (χ1n) is 6.89. The molecule has 1 heterocycles. The molecule has 116 valence electrons. The van der Waals surface area contributed by atoms with E-state index in [-0.39, 0.29) is 11.5 Å². The molecule has 0 saturated heterocycles. The van der Waals surface area contributed by atoms with Gasteiger partial charge in [-0.2, -0.15) is 0 Å². The highest BCUT2D eigenvalue weighted by atomic mass is 35.5. The van der Waals surface area contributed by atoms with E-state index in [0.717, 1.165) is 5.56 Å². The third-order valence-electron chi connectivity index (χ3n) is 3.15. The van der Waals surface area contributed by atoms with Crippen LogP contribution in [0.2, 0.25) is 5.02 Å². The normalized spacial score (nSPS) is 10.7. The number of H-pyrrole nitrogens is 1. The highest BCUT2D eigenvalue weighted by molar-refractivity contribution is 6.30. The van der Waals surface area contributed by atoms with E-state index in [4.69, 9.17) is 11.6 Å². The van der Waals surface area contributed by atoms with E-state index >= 15 is 0 Å². The minimum absolute atomic E-state index is 0.108. The maximum atomic E-state index is 12.1. The molecule has 0 aliphatic rings. The number of amides is 1. The highest BCUT2D eigenvalue weighted by Gasteiger charge is 2.11. The van der Waals surface area contributed by atoms with Gasteiger partial charge in [0.1, 0.15) is 5.56 Å². The van der Waals surface area contributed by atoms with E-state index in [1.165, 1.54) is 6.07 Å². The number of pyridine rings is 1. The third kappa shape index (κ3) is 4.19. The zero-order chi connectivity index (χ0) is 16.1. The first-order valence-corrected chi connectivity index (χ1v) is 7.27. The van der Waals surface area contributed by atoms with Gasteiger partial charge in [0.25, 0.3) is 11.5 Å². The number of hydrogen-bond donors (Lipinski definition) is 2. The van der Waals surface area contributed by atoms with E-state index < -0.39 is 5.56 Å². The molecule has 0 unspecified atom stereocenters. The Morgan fingerprint density at radius 2 is 1.86 bits per heavy atom. The van der Waals surface area contributed by atoms with Crippen LogP contribution in [-0.2, 0) is 0 Å². The Bertz CT molecular complexity index is 708. The number of rotatable bonds is 5. The van der Waals surface area contributed by atoms with E-state index in [9.17, 15) is 9.59 Å². The second kappa shape index (κ2) is 7.24. The fourth-order valence-corrected chi connectivity index (χ4v) is 2.06. The lowest BCUT2D eigenvalue weighted by Gasteiger charge is -2.10. The van der Waals surface area contributed by atoms with Gasteiger partial charge in [-0.25, -0.2) is 0 Å². The molecular weight excluding hydrogens is 302 g/mol. The molecule has 5 nitrogen and oxygen atoms in total. The summed E-state index contributed by atoms with van der Waals surface area (Å²) in [5.74, 6) is -0.370. The van der Waals surface area contributed by atoms with Gasteiger partial charge in [0.2, 0.25) is 0 Å². The monoisotopic (exact) mass is 319 g/mol. The topological polar surface area (TPSA) is 65.2 Å². The molecule has 0 bridgehead atoms. The van der Waals surface area contributed by atoms with Gasteiger partial charge in [-0.1, -0.05) is 23.7 Å². The molecule has 2 aromatic rings. The van der Waals surface area contributed by atoms with Crippen molar-refractivity contribution in [2.24, 2.45) is 0 Å². The first kappa shape index (κ1) is 16.3. The lowest BCUT2D eigenvalue weighted by molar-refractivity contribution is 0.0949. The number of benzene rings is 1. The van der Waals surface area contributed by atoms with Crippen LogP contribution in [-0.4, -0.2) is 43.0 Å². The Kier molecular flexibility index (Phi) is 5.35. The summed E-state index contributed by atoms with van der Waals surface area (Å²) in [4.78, 5) is 28.7. The maximum Gasteiger partial charge on any atom is 0.261 e. The summed E-state index contributed by atoms with van der Waals surface area (Å²) in [6.07, 6.45) is 0. The molecule has 6 heteroatoms. The Labute approximate surface area is 133 Å². The average Bonchev–Trinajstić information content (AvgIpc) is 2.47. The van der Waals surface area contributed by atoms with Gasteiger partial charge in [-0.05, 0) is 43.9 Å². The maximum absolute atomic E-state index is 12.1. The highest BCUT2D eigenvalue weighted by Crippen LogP contribution is 2.18. The van der Waals surface area contributed by atoms with Crippen molar-refractivity contribution in [3.8, 4) is 11.3 Å². The SMILES string of the molecule is CN(C)CCNC(=O)c1ccc(-c2ccc(Cl)cc2)[nH]c1=O. The summed E-state index contributed by atoms with van der Waals surface area (Å²) in [5.41, 5.74) is 1.18. The fraction of sp³-hybridized carbons (Fsp3) is 0.250. The van der Waals surface area contributed by atoms with Crippen molar-refractivity contribution < 1.29 is 4.79 Å². The van der Waals surface area contributed by atoms with Crippen LogP contribution >= 0.6 is 11.6 Å². The number of carbonyl (C=O) groups excluding carboxylic acids is 1. The molecule has 1 aromatic heterocycles. The van der Waals surface area contributed by atoms with E-state index in [2.05, 4.69) is 10.3 Å². The van der Waals surface area contributed by atoms with Crippen molar-refractivity contribution in [2.45, 2.75) is 0 Å². The molecule has 0 radical (unpaired) electrons. The van der Waals surface area contributed by atoms with Crippen molar-refractivity contribution in [3.05, 3.63) is 57.3 Å². The predicted octanol–water partition coefficient (Wildman–Crippen LogP) is 1.99. The van der Waals surface area contributed by atoms with Gasteiger partial charge in [-0.15, -0.1) is 0 Å². The summed E-state index contributed by atoms with van der Waals surface area (Å²) in [7, 11) is 3.83. The van der Waals surface area contributed by atoms with Gasteiger partial charge < -0.3 is 15.2 Å². The van der Waals surface area contributed by atoms with Gasteiger partial charge in [0.05, 0.1) is 0 Å². The Hall–Kier alpha value is -2.11. The molecule has 2 N–H and O–H groups in total. The van der Waals surface area contributed by atoms with Crippen LogP contribution in [0.1, 0.15) is 10.4 Å². The Morgan fingerprint density at radius 1 is 1.18 bits per heavy atom. The minimum atomic E-state index is -0.408. The van der Waals surface area contributed by atoms with Gasteiger partial charge in [0, 0.05) is 23.8 Å². The van der Waals surface area contributed by atoms with Crippen LogP contribution in [0.3, 0.4) is 0 Å². The molecule has 2 rings (SSSR count). The number of likely N-dealkylation sites (N-methyl/N-ethyl adjacent to an activating group) is 1. The molecule has 1 aromatic carbocycles. The summed E-state index contributed by atoms with van der Waals surface area (Å²) in [5, 5.41) is 3.35. The largest absolute Gasteiger partial charge is 0.351 e. The van der Waals surface area contributed by atoms with Crippen molar-refractivity contribution in [3.63, 3.8) is 0 Å². The number of carbonyl (C=O) groups is 1. The summed E-state index contributed by atoms with van der Waals surface area (Å²) >= 11 is 5.84. The lowest BCUT2D eigenvalue weighted by atomic mass is 10.1. The van der Waals surface area contributed by atoms with E-state index in [0.29, 0.717) is 23.8 Å². The second-order valence-corrected chi connectivity index (χ2v) is 5.62. The molecule has 0 spiro atoms. The van der Waals surface area contributed by atoms with Crippen molar-refractivity contribution in [1.29, 1.82) is 0 Å². The third-order valence-corrected chi connectivity index (χ3v) is 3.41. The number of nitrogens with one attached hydrogen (secondary N) is 2. The second-order valence-electron chi connectivity index (χ2n) is 5.18. The van der Waals surface area contributed by atoms with Gasteiger partial charge >= 0.3 is 0 Å². The average molecular weight is 320 g/mol. The van der Waals surface area contributed by atoms with Crippen LogP contribution in [0.4, 0.5) is 0 Å². The van der Waals surface area contributed by atoms with Crippen LogP contribution in [0.5, 0.6) is 0 Å². The molecule has 1 amide bonds. The van der Waals surface area contributed by atoms with Crippen molar-refractivity contribution >= 4 is 17.5 Å². The molecule has 22 heavy (non-hydrogen) atoms. The number of aromatic amines is 1. The lowest BCUT2D eigenvalue weighted by Crippen LogP contribution is -2.34. The molecule has 0 aliphatic carbocycles. The Balaban J connectivity index is 2.14. The number of nitrogens with zero attached hydrogens (tertiary/aromatic N) is 1. The molecular formula is C16H18ClN3O2. The fourth-order valence-electron chi connectivity index (χ4n) is 1.94. The van der Waals surface area contributed by atoms with Gasteiger partial charge in [0.15, 0.2) is 0 Å². The summed E-state index contributed by atoms with van der Waals surface area (Å²) in [6, 6.07) is 10.4. The molecule has 0 fully saturated rings. The quantitative estimate of drug-likeness (QED) is 0.885.